The second-order valence-electron chi connectivity index (χ2n) is 26.5. The molecule has 3 heterocycles. The van der Waals surface area contributed by atoms with E-state index >= 15 is 0 Å². The largest absolute Gasteiger partial charge is 0.477 e. The molecule has 0 radical (unpaired) electrons. The number of nitrogens with one attached hydrogen (secondary N) is 2. The molecule has 3 saturated heterocycles. The van der Waals surface area contributed by atoms with Crippen LogP contribution in [0.3, 0.4) is 0 Å². The molecule has 18 atom stereocenters. The minimum absolute atomic E-state index is 0.225. The highest BCUT2D eigenvalue weighted by atomic mass is 16.8. The Morgan fingerprint density at radius 3 is 1.47 bits per heavy atom. The Labute approximate surface area is 550 Å². The number of carbonyl (C=O) groups is 3. The van der Waals surface area contributed by atoms with Crippen molar-refractivity contribution in [1.29, 1.82) is 0 Å². The van der Waals surface area contributed by atoms with Crippen LogP contribution < -0.4 is 10.6 Å². The van der Waals surface area contributed by atoms with E-state index in [2.05, 4.69) is 36.6 Å². The van der Waals surface area contributed by atoms with Crippen LogP contribution >= 0.6 is 0 Å². The molecule has 0 saturated carbocycles. The molecule has 0 aromatic heterocycles. The van der Waals surface area contributed by atoms with Crippen molar-refractivity contribution in [1.82, 2.24) is 10.6 Å². The van der Waals surface area contributed by atoms with Gasteiger partial charge >= 0.3 is 5.97 Å². The van der Waals surface area contributed by atoms with Gasteiger partial charge in [0.15, 0.2) is 12.6 Å². The molecule has 3 fully saturated rings. The Kier molecular flexibility index (Phi) is 45.4. The number of aliphatic hydroxyl groups excluding tert-OH is 11. The van der Waals surface area contributed by atoms with Gasteiger partial charge in [0.1, 0.15) is 67.1 Å². The predicted octanol–water partition coefficient (Wildman–Crippen LogP) is 7.07. The molecule has 0 aromatic carbocycles. The van der Waals surface area contributed by atoms with E-state index in [1.165, 1.54) is 167 Å². The molecule has 23 heteroatoms. The molecule has 14 N–H and O–H groups in total. The van der Waals surface area contributed by atoms with Gasteiger partial charge in [-0.2, -0.15) is 0 Å². The van der Waals surface area contributed by atoms with Crippen molar-refractivity contribution in [3.05, 3.63) is 12.2 Å². The number of amides is 2. The summed E-state index contributed by atoms with van der Waals surface area (Å²) in [6.45, 7) is 2.19. The number of aliphatic carboxylic acids is 1. The van der Waals surface area contributed by atoms with E-state index in [1.807, 2.05) is 0 Å². The first-order chi connectivity index (χ1) is 44.4. The number of carboxylic acids is 1. The maximum absolute atomic E-state index is 13.5. The number of hydrogen-bond acceptors (Lipinski definition) is 20. The summed E-state index contributed by atoms with van der Waals surface area (Å²) in [5.74, 6) is -6.10. The van der Waals surface area contributed by atoms with Crippen molar-refractivity contribution >= 4 is 17.8 Å². The average Bonchev–Trinajstić information content (AvgIpc) is 0.768. The van der Waals surface area contributed by atoms with Crippen LogP contribution in [0.2, 0.25) is 0 Å². The van der Waals surface area contributed by atoms with Gasteiger partial charge in [-0.05, 0) is 38.5 Å². The zero-order valence-electron chi connectivity index (χ0n) is 56.4. The van der Waals surface area contributed by atoms with Crippen molar-refractivity contribution in [2.24, 2.45) is 0 Å². The lowest BCUT2D eigenvalue weighted by Crippen LogP contribution is -2.70. The summed E-state index contributed by atoms with van der Waals surface area (Å²) >= 11 is 0. The van der Waals surface area contributed by atoms with Crippen LogP contribution in [0, 0.1) is 0 Å². The van der Waals surface area contributed by atoms with E-state index in [0.717, 1.165) is 58.3 Å². The Balaban J connectivity index is 1.49. The lowest BCUT2D eigenvalue weighted by molar-refractivity contribution is -0.386. The molecule has 0 aliphatic carbocycles. The Morgan fingerprint density at radius 2 is 1.01 bits per heavy atom. The molecule has 3 rings (SSSR count). The van der Waals surface area contributed by atoms with Gasteiger partial charge in [0.25, 0.3) is 5.79 Å². The van der Waals surface area contributed by atoms with E-state index in [1.54, 1.807) is 0 Å². The van der Waals surface area contributed by atoms with Crippen molar-refractivity contribution in [2.45, 2.75) is 381 Å². The lowest BCUT2D eigenvalue weighted by atomic mass is 9.88. The van der Waals surface area contributed by atoms with Gasteiger partial charge in [-0.1, -0.05) is 225 Å². The Morgan fingerprint density at radius 1 is 0.554 bits per heavy atom. The fourth-order valence-corrected chi connectivity index (χ4v) is 12.7. The van der Waals surface area contributed by atoms with Crippen molar-refractivity contribution in [2.75, 3.05) is 26.4 Å². The van der Waals surface area contributed by atoms with Gasteiger partial charge in [-0.15, -0.1) is 0 Å². The average molecular weight is 1320 g/mol. The van der Waals surface area contributed by atoms with Crippen LogP contribution in [-0.2, 0) is 42.8 Å². The Bertz CT molecular complexity index is 1910. The first-order valence-corrected chi connectivity index (χ1v) is 36.0. The highest BCUT2D eigenvalue weighted by Crippen LogP contribution is 2.39. The number of hydrogen-bond donors (Lipinski definition) is 14. The molecule has 3 aliphatic heterocycles. The molecule has 0 bridgehead atoms. The van der Waals surface area contributed by atoms with Crippen LogP contribution in [0.5, 0.6) is 0 Å². The third-order valence-electron chi connectivity index (χ3n) is 18.5. The van der Waals surface area contributed by atoms with Gasteiger partial charge in [0, 0.05) is 19.8 Å². The molecule has 540 valence electrons. The number of carboxylic acid groups (broad SMARTS) is 1. The third-order valence-corrected chi connectivity index (χ3v) is 18.5. The molecule has 92 heavy (non-hydrogen) atoms. The van der Waals surface area contributed by atoms with Gasteiger partial charge in [-0.3, -0.25) is 9.59 Å². The molecule has 3 aliphatic rings. The van der Waals surface area contributed by atoms with Crippen LogP contribution in [0.15, 0.2) is 12.2 Å². The highest BCUT2D eigenvalue weighted by Gasteiger charge is 2.60. The second kappa shape index (κ2) is 49.9. The summed E-state index contributed by atoms with van der Waals surface area (Å²) < 4.78 is 34.8. The normalized spacial score (nSPS) is 28.3. The van der Waals surface area contributed by atoms with Crippen molar-refractivity contribution in [3.63, 3.8) is 0 Å². The summed E-state index contributed by atoms with van der Waals surface area (Å²) in [6.07, 6.45) is 19.7. The van der Waals surface area contributed by atoms with Gasteiger partial charge in [0.05, 0.1) is 50.7 Å². The fourth-order valence-electron chi connectivity index (χ4n) is 12.7. The maximum atomic E-state index is 13.5. The first kappa shape index (κ1) is 83.7. The molecule has 0 spiro atoms. The maximum Gasteiger partial charge on any atom is 0.364 e. The smallest absolute Gasteiger partial charge is 0.364 e. The van der Waals surface area contributed by atoms with Crippen LogP contribution in [0.25, 0.3) is 0 Å². The summed E-state index contributed by atoms with van der Waals surface area (Å²) in [7, 11) is 0. The summed E-state index contributed by atoms with van der Waals surface area (Å²) in [4.78, 5) is 38.5. The Hall–Kier alpha value is -2.53. The van der Waals surface area contributed by atoms with E-state index < -0.39 is 148 Å². The quantitative estimate of drug-likeness (QED) is 0.0214. The molecule has 23 nitrogen and oxygen atoms in total. The van der Waals surface area contributed by atoms with Gasteiger partial charge in [-0.25, -0.2) is 4.79 Å². The molecular weight excluding hydrogens is 1190 g/mol. The van der Waals surface area contributed by atoms with Gasteiger partial charge < -0.3 is 100 Å². The number of unbranched alkanes of at least 4 members (excludes halogenated alkanes) is 33. The van der Waals surface area contributed by atoms with Crippen molar-refractivity contribution < 1.29 is 104 Å². The predicted molar refractivity (Wildman–Crippen MR) is 348 cm³/mol. The fraction of sp³-hybridized carbons (Fsp3) is 0.928. The zero-order valence-corrected chi connectivity index (χ0v) is 56.4. The molecule has 2 amide bonds. The number of rotatable bonds is 55. The van der Waals surface area contributed by atoms with E-state index in [0.29, 0.717) is 19.3 Å². The van der Waals surface area contributed by atoms with E-state index in [9.17, 15) is 75.7 Å². The standard InChI is InChI=1S/C69H128N2O21/c1-4-6-8-10-12-14-16-17-18-19-20-21-22-23-24-25-26-27-28-29-30-31-32-33-35-37-39-41-43-56(79)71-50(51(76)42-40-38-36-34-15-13-11-9-7-5-2)48-87-66-61(83)60(82)63(55(47-74)89-66)90-67-62(84)65(59(81)54(46-73)88-67)92-69(68(85)86)44-52(77)57(70-49(3)75)64(91-69)58(80)53(78)45-72/h23-24,50-55,57-67,72-74,76-78,80-84H,4-22,25-48H2,1-3H3,(H,70,75)(H,71,79)(H,85,86)/b24-23-. The lowest BCUT2D eigenvalue weighted by Gasteiger charge is -2.50. The summed E-state index contributed by atoms with van der Waals surface area (Å²) in [6, 6.07) is -2.53. The minimum Gasteiger partial charge on any atom is -0.477 e. The third kappa shape index (κ3) is 31.8. The van der Waals surface area contributed by atoms with Crippen LogP contribution in [0.1, 0.15) is 271 Å². The summed E-state index contributed by atoms with van der Waals surface area (Å²) in [5.41, 5.74) is 0. The molecule has 0 aromatic rings. The highest BCUT2D eigenvalue weighted by molar-refractivity contribution is 5.77. The van der Waals surface area contributed by atoms with Gasteiger partial charge in [0.2, 0.25) is 11.8 Å². The number of ether oxygens (including phenoxy) is 6. The zero-order chi connectivity index (χ0) is 67.5. The van der Waals surface area contributed by atoms with E-state index in [-0.39, 0.29) is 18.9 Å². The van der Waals surface area contributed by atoms with Crippen molar-refractivity contribution in [3.8, 4) is 0 Å². The number of allylic oxidation sites excluding steroid dienone is 2. The second-order valence-corrected chi connectivity index (χ2v) is 26.5. The monoisotopic (exact) mass is 1320 g/mol. The molecular formula is C69H128N2O21. The van der Waals surface area contributed by atoms with Crippen LogP contribution in [0.4, 0.5) is 0 Å². The number of carbonyl (C=O) groups excluding carboxylic acids is 2. The van der Waals surface area contributed by atoms with E-state index in [4.69, 9.17) is 28.4 Å². The van der Waals surface area contributed by atoms with Crippen LogP contribution in [-0.4, -0.2) is 215 Å². The topological polar surface area (TPSA) is 373 Å². The molecule has 18 unspecified atom stereocenters. The first-order valence-electron chi connectivity index (χ1n) is 36.0. The minimum atomic E-state index is -3.08. The SMILES string of the molecule is CCCCCCCCCCCCCC/C=C\CCCCCCCCCCCCCCC(=O)NC(COC1OC(CO)C(OC2OC(CO)C(O)C(OC3(C(=O)O)CC(O)C(NC(C)=O)C(C(O)C(O)CO)O3)C2O)C(O)C1O)C(O)CCCCCCCCCCCC. The summed E-state index contributed by atoms with van der Waals surface area (Å²) in [5, 5.41) is 136. The number of aliphatic hydroxyl groups is 11.